The summed E-state index contributed by atoms with van der Waals surface area (Å²) in [5, 5.41) is 4.36. The molecule has 0 spiro atoms. The summed E-state index contributed by atoms with van der Waals surface area (Å²) < 4.78 is 0. The van der Waals surface area contributed by atoms with Gasteiger partial charge >= 0.3 is 0 Å². The Balaban J connectivity index is 0.00000192. The molecule has 23 heavy (non-hydrogen) atoms. The molecule has 0 radical (unpaired) electrons. The minimum absolute atomic E-state index is 0. The van der Waals surface area contributed by atoms with Crippen LogP contribution in [-0.4, -0.2) is 29.9 Å². The molecule has 1 aromatic rings. The van der Waals surface area contributed by atoms with Crippen LogP contribution in [0.25, 0.3) is 0 Å². The Hall–Kier alpha value is -0.770. The number of benzene rings is 1. The van der Waals surface area contributed by atoms with E-state index in [1.54, 1.807) is 0 Å². The first-order valence-electron chi connectivity index (χ1n) is 8.30. The van der Waals surface area contributed by atoms with Crippen molar-refractivity contribution < 1.29 is 4.79 Å². The van der Waals surface area contributed by atoms with E-state index < -0.39 is 0 Å². The third-order valence-electron chi connectivity index (χ3n) is 5.34. The van der Waals surface area contributed by atoms with Crippen molar-refractivity contribution in [2.75, 3.05) is 7.05 Å². The van der Waals surface area contributed by atoms with Gasteiger partial charge in [0.15, 0.2) is 0 Å². The summed E-state index contributed by atoms with van der Waals surface area (Å²) in [6.07, 6.45) is 5.55. The molecule has 1 N–H and O–H groups in total. The number of fused-ring (bicyclic) bond motifs is 2. The van der Waals surface area contributed by atoms with Crippen LogP contribution in [0, 0.1) is 5.92 Å². The van der Waals surface area contributed by atoms with Gasteiger partial charge in [0.1, 0.15) is 0 Å². The highest BCUT2D eigenvalue weighted by Crippen LogP contribution is 2.33. The lowest BCUT2D eigenvalue weighted by atomic mass is 9.89. The fourth-order valence-electron chi connectivity index (χ4n) is 3.94. The van der Waals surface area contributed by atoms with E-state index in [1.165, 1.54) is 12.8 Å². The van der Waals surface area contributed by atoms with E-state index in [-0.39, 0.29) is 24.4 Å². The van der Waals surface area contributed by atoms with E-state index in [2.05, 4.69) is 12.2 Å². The van der Waals surface area contributed by atoms with E-state index in [0.717, 1.165) is 23.4 Å². The number of hydrogen-bond acceptors (Lipinski definition) is 2. The zero-order valence-corrected chi connectivity index (χ0v) is 15.4. The first kappa shape index (κ1) is 18.6. The summed E-state index contributed by atoms with van der Waals surface area (Å²) in [6, 6.07) is 9.14. The Labute approximate surface area is 150 Å². The van der Waals surface area contributed by atoms with Crippen molar-refractivity contribution in [3.8, 4) is 0 Å². The van der Waals surface area contributed by atoms with Gasteiger partial charge in [-0.25, -0.2) is 0 Å². The first-order valence-corrected chi connectivity index (χ1v) is 8.68. The topological polar surface area (TPSA) is 32.3 Å². The Morgan fingerprint density at radius 2 is 2.00 bits per heavy atom. The van der Waals surface area contributed by atoms with Gasteiger partial charge in [0.25, 0.3) is 0 Å². The zero-order valence-electron chi connectivity index (χ0n) is 13.8. The number of rotatable bonds is 4. The van der Waals surface area contributed by atoms with Crippen LogP contribution in [0.5, 0.6) is 0 Å². The molecule has 3 unspecified atom stereocenters. The molecule has 0 aliphatic carbocycles. The van der Waals surface area contributed by atoms with Crippen LogP contribution in [0.2, 0.25) is 5.02 Å². The first-order chi connectivity index (χ1) is 10.5. The molecule has 3 atom stereocenters. The Morgan fingerprint density at radius 3 is 2.61 bits per heavy atom. The second kappa shape index (κ2) is 7.87. The van der Waals surface area contributed by atoms with Crippen LogP contribution in [0.1, 0.15) is 50.6 Å². The van der Waals surface area contributed by atoms with Gasteiger partial charge in [-0.2, -0.15) is 0 Å². The number of piperidine rings is 1. The number of nitrogens with zero attached hydrogens (tertiary/aromatic N) is 1. The molecular formula is C18H26Cl2N2O. The van der Waals surface area contributed by atoms with Crippen molar-refractivity contribution in [3.05, 3.63) is 34.9 Å². The molecule has 5 heteroatoms. The number of carbonyl (C=O) groups excluding carboxylic acids is 1. The molecule has 2 aliphatic heterocycles. The minimum atomic E-state index is 0. The SMILES string of the molecule is CC(c1cccc(Cl)c1)N(C)C(=O)CC1CC2CCC(C1)N2.Cl. The number of amides is 1. The summed E-state index contributed by atoms with van der Waals surface area (Å²) in [7, 11) is 1.91. The quantitative estimate of drug-likeness (QED) is 0.876. The normalized spacial score (nSPS) is 27.2. The van der Waals surface area contributed by atoms with Crippen molar-refractivity contribution in [1.82, 2.24) is 10.2 Å². The van der Waals surface area contributed by atoms with Crippen molar-refractivity contribution in [2.45, 2.75) is 57.2 Å². The smallest absolute Gasteiger partial charge is 0.223 e. The number of carbonyl (C=O) groups is 1. The number of halogens is 2. The summed E-state index contributed by atoms with van der Waals surface area (Å²) in [4.78, 5) is 14.5. The minimum Gasteiger partial charge on any atom is -0.339 e. The molecular weight excluding hydrogens is 331 g/mol. The van der Waals surface area contributed by atoms with E-state index in [0.29, 0.717) is 24.4 Å². The Morgan fingerprint density at radius 1 is 1.35 bits per heavy atom. The zero-order chi connectivity index (χ0) is 15.7. The molecule has 2 bridgehead atoms. The molecule has 2 saturated heterocycles. The van der Waals surface area contributed by atoms with E-state index in [9.17, 15) is 4.79 Å². The lowest BCUT2D eigenvalue weighted by Crippen LogP contribution is -2.40. The fraction of sp³-hybridized carbons (Fsp3) is 0.611. The average molecular weight is 357 g/mol. The molecule has 2 heterocycles. The van der Waals surface area contributed by atoms with Gasteiger partial charge in [0, 0.05) is 30.6 Å². The second-order valence-corrected chi connectivity index (χ2v) is 7.35. The van der Waals surface area contributed by atoms with E-state index >= 15 is 0 Å². The van der Waals surface area contributed by atoms with E-state index in [4.69, 9.17) is 11.6 Å². The summed E-state index contributed by atoms with van der Waals surface area (Å²) in [6.45, 7) is 2.07. The van der Waals surface area contributed by atoms with Crippen molar-refractivity contribution >= 4 is 29.9 Å². The van der Waals surface area contributed by atoms with Crippen LogP contribution in [0.4, 0.5) is 0 Å². The van der Waals surface area contributed by atoms with Gasteiger partial charge in [-0.1, -0.05) is 23.7 Å². The fourth-order valence-corrected chi connectivity index (χ4v) is 4.14. The van der Waals surface area contributed by atoms with Crippen LogP contribution in [0.15, 0.2) is 24.3 Å². The van der Waals surface area contributed by atoms with Crippen LogP contribution in [0.3, 0.4) is 0 Å². The molecule has 1 aromatic carbocycles. The summed E-state index contributed by atoms with van der Waals surface area (Å²) in [5.74, 6) is 0.791. The third-order valence-corrected chi connectivity index (χ3v) is 5.57. The molecule has 3 nitrogen and oxygen atoms in total. The van der Waals surface area contributed by atoms with Crippen LogP contribution in [-0.2, 0) is 4.79 Å². The molecule has 2 aliphatic rings. The molecule has 0 saturated carbocycles. The predicted octanol–water partition coefficient (Wildman–Crippen LogP) is 4.20. The maximum atomic E-state index is 12.6. The highest BCUT2D eigenvalue weighted by molar-refractivity contribution is 6.30. The molecule has 3 rings (SSSR count). The predicted molar refractivity (Wildman–Crippen MR) is 97.2 cm³/mol. The molecule has 1 amide bonds. The third kappa shape index (κ3) is 4.40. The van der Waals surface area contributed by atoms with Crippen LogP contribution >= 0.6 is 24.0 Å². The molecule has 2 fully saturated rings. The van der Waals surface area contributed by atoms with Crippen molar-refractivity contribution in [1.29, 1.82) is 0 Å². The van der Waals surface area contributed by atoms with Crippen molar-refractivity contribution in [3.63, 3.8) is 0 Å². The highest BCUT2D eigenvalue weighted by Gasteiger charge is 2.34. The Bertz CT molecular complexity index is 540. The van der Waals surface area contributed by atoms with E-state index in [1.807, 2.05) is 36.2 Å². The largest absolute Gasteiger partial charge is 0.339 e. The second-order valence-electron chi connectivity index (χ2n) is 6.92. The standard InChI is InChI=1S/C18H25ClN2O.ClH/c1-12(14-4-3-5-15(19)11-14)21(2)18(22)10-13-8-16-6-7-17(9-13)20-16;/h3-5,11-13,16-17,20H,6-10H2,1-2H3;1H. The highest BCUT2D eigenvalue weighted by atomic mass is 35.5. The van der Waals surface area contributed by atoms with Crippen molar-refractivity contribution in [2.24, 2.45) is 5.92 Å². The van der Waals surface area contributed by atoms with Gasteiger partial charge in [-0.15, -0.1) is 12.4 Å². The van der Waals surface area contributed by atoms with Gasteiger partial charge in [-0.3, -0.25) is 4.79 Å². The summed E-state index contributed by atoms with van der Waals surface area (Å²) in [5.41, 5.74) is 1.09. The van der Waals surface area contributed by atoms with Gasteiger partial charge in [0.2, 0.25) is 5.91 Å². The molecule has 0 aromatic heterocycles. The molecule has 128 valence electrons. The lowest BCUT2D eigenvalue weighted by molar-refractivity contribution is -0.133. The maximum absolute atomic E-state index is 12.6. The van der Waals surface area contributed by atoms with Gasteiger partial charge in [-0.05, 0) is 56.2 Å². The lowest BCUT2D eigenvalue weighted by Gasteiger charge is -2.31. The van der Waals surface area contributed by atoms with Gasteiger partial charge in [0.05, 0.1) is 6.04 Å². The number of nitrogens with one attached hydrogen (secondary N) is 1. The summed E-state index contributed by atoms with van der Waals surface area (Å²) >= 11 is 6.06. The van der Waals surface area contributed by atoms with Gasteiger partial charge < -0.3 is 10.2 Å². The monoisotopic (exact) mass is 356 g/mol. The Kier molecular flexibility index (Phi) is 6.35. The number of hydrogen-bond donors (Lipinski definition) is 1. The average Bonchev–Trinajstić information content (AvgIpc) is 2.84. The maximum Gasteiger partial charge on any atom is 0.223 e. The van der Waals surface area contributed by atoms with Crippen LogP contribution < -0.4 is 5.32 Å².